The Morgan fingerprint density at radius 3 is 2.63 bits per heavy atom. The van der Waals surface area contributed by atoms with Crippen LogP contribution in [0.25, 0.3) is 10.9 Å². The highest BCUT2D eigenvalue weighted by atomic mass is 35.5. The smallest absolute Gasteiger partial charge is 0.407 e. The lowest BCUT2D eigenvalue weighted by Crippen LogP contribution is -2.47. The number of fused-ring (bicyclic) bond motifs is 1. The number of hydrogen-bond donors (Lipinski definition) is 1. The first-order valence-corrected chi connectivity index (χ1v) is 10.5. The maximum Gasteiger partial charge on any atom is 0.407 e. The summed E-state index contributed by atoms with van der Waals surface area (Å²) in [7, 11) is 1.92. The third-order valence-corrected chi connectivity index (χ3v) is 6.47. The molecule has 0 saturated carbocycles. The van der Waals surface area contributed by atoms with Crippen LogP contribution in [0.5, 0.6) is 0 Å². The van der Waals surface area contributed by atoms with Crippen molar-refractivity contribution in [3.8, 4) is 0 Å². The number of hydrogen-bond acceptors (Lipinski definition) is 3. The Hall–Kier alpha value is -2.57. The third-order valence-electron chi connectivity index (χ3n) is 6.25. The molecule has 2 heterocycles. The van der Waals surface area contributed by atoms with E-state index < -0.39 is 6.09 Å². The number of likely N-dealkylation sites (tertiary alicyclic amines) is 1. The molecule has 1 atom stereocenters. The number of rotatable bonds is 5. The zero-order chi connectivity index (χ0) is 21.3. The molecule has 0 aliphatic carbocycles. The van der Waals surface area contributed by atoms with Crippen LogP contribution in [0.3, 0.4) is 0 Å². The van der Waals surface area contributed by atoms with Crippen LogP contribution in [-0.4, -0.2) is 45.6 Å². The second-order valence-corrected chi connectivity index (χ2v) is 8.51. The van der Waals surface area contributed by atoms with Gasteiger partial charge in [-0.2, -0.15) is 5.10 Å². The largest absolute Gasteiger partial charge is 0.465 e. The van der Waals surface area contributed by atoms with Crippen molar-refractivity contribution in [1.29, 1.82) is 0 Å². The molecule has 4 rings (SSSR count). The predicted octanol–water partition coefficient (Wildman–Crippen LogP) is 5.02. The molecule has 1 aromatic heterocycles. The monoisotopic (exact) mass is 427 g/mol. The summed E-state index contributed by atoms with van der Waals surface area (Å²) in [5, 5.41) is 15.4. The molecule has 7 heteroatoms. The molecule has 0 radical (unpaired) electrons. The summed E-state index contributed by atoms with van der Waals surface area (Å²) in [4.78, 5) is 12.9. The van der Waals surface area contributed by atoms with Crippen LogP contribution in [-0.2, 0) is 17.2 Å². The van der Waals surface area contributed by atoms with Gasteiger partial charge in [-0.3, -0.25) is 4.68 Å². The van der Waals surface area contributed by atoms with Crippen molar-refractivity contribution in [2.45, 2.75) is 31.3 Å². The highest BCUT2D eigenvalue weighted by Gasteiger charge is 2.38. The Morgan fingerprint density at radius 1 is 1.27 bits per heavy atom. The maximum atomic E-state index is 11.4. The van der Waals surface area contributed by atoms with Gasteiger partial charge in [-0.25, -0.2) is 4.79 Å². The second kappa shape index (κ2) is 8.28. The molecule has 30 heavy (non-hydrogen) atoms. The number of amides is 1. The van der Waals surface area contributed by atoms with Gasteiger partial charge in [0.05, 0.1) is 24.4 Å². The number of ether oxygens (including phenoxy) is 1. The molecule has 1 aliphatic rings. The lowest BCUT2D eigenvalue weighted by atomic mass is 9.73. The van der Waals surface area contributed by atoms with Crippen LogP contribution in [0, 0.1) is 0 Å². The highest BCUT2D eigenvalue weighted by molar-refractivity contribution is 6.31. The number of aromatic nitrogens is 2. The molecule has 1 amide bonds. The highest BCUT2D eigenvalue weighted by Crippen LogP contribution is 2.38. The van der Waals surface area contributed by atoms with Gasteiger partial charge in [0, 0.05) is 41.5 Å². The van der Waals surface area contributed by atoms with Gasteiger partial charge in [0.25, 0.3) is 0 Å². The fourth-order valence-electron chi connectivity index (χ4n) is 4.44. The van der Waals surface area contributed by atoms with Gasteiger partial charge < -0.3 is 14.7 Å². The quantitative estimate of drug-likeness (QED) is 0.621. The fourth-order valence-corrected chi connectivity index (χ4v) is 4.67. The van der Waals surface area contributed by atoms with Crippen LogP contribution in [0.4, 0.5) is 4.79 Å². The van der Waals surface area contributed by atoms with Crippen molar-refractivity contribution in [3.05, 3.63) is 64.8 Å². The van der Waals surface area contributed by atoms with Gasteiger partial charge in [-0.05, 0) is 37.5 Å². The van der Waals surface area contributed by atoms with Gasteiger partial charge in [-0.1, -0.05) is 41.9 Å². The number of piperidine rings is 1. The number of aryl methyl sites for hydroxylation is 1. The van der Waals surface area contributed by atoms with Gasteiger partial charge in [-0.15, -0.1) is 0 Å². The van der Waals surface area contributed by atoms with E-state index in [9.17, 15) is 9.90 Å². The van der Waals surface area contributed by atoms with Gasteiger partial charge >= 0.3 is 6.09 Å². The van der Waals surface area contributed by atoms with Gasteiger partial charge in [0.1, 0.15) is 0 Å². The first kappa shape index (κ1) is 20.7. The van der Waals surface area contributed by atoms with Crippen molar-refractivity contribution < 1.29 is 14.6 Å². The topological polar surface area (TPSA) is 67.6 Å². The molecule has 6 nitrogen and oxygen atoms in total. The first-order chi connectivity index (χ1) is 14.4. The molecule has 1 saturated heterocycles. The Balaban J connectivity index is 1.59. The van der Waals surface area contributed by atoms with Crippen molar-refractivity contribution in [2.24, 2.45) is 7.05 Å². The van der Waals surface area contributed by atoms with E-state index in [-0.39, 0.29) is 11.5 Å². The van der Waals surface area contributed by atoms with E-state index in [2.05, 4.69) is 17.2 Å². The zero-order valence-electron chi connectivity index (χ0n) is 17.2. The summed E-state index contributed by atoms with van der Waals surface area (Å²) in [6, 6.07) is 14.1. The van der Waals surface area contributed by atoms with Crippen LogP contribution in [0.15, 0.2) is 48.7 Å². The van der Waals surface area contributed by atoms with Crippen molar-refractivity contribution >= 4 is 28.6 Å². The fraction of sp³-hybridized carbons (Fsp3) is 0.391. The summed E-state index contributed by atoms with van der Waals surface area (Å²) in [5.41, 5.74) is 3.00. The van der Waals surface area contributed by atoms with Gasteiger partial charge in [0.2, 0.25) is 0 Å². The molecule has 1 fully saturated rings. The minimum atomic E-state index is -0.858. The van der Waals surface area contributed by atoms with E-state index in [1.807, 2.05) is 55.2 Å². The van der Waals surface area contributed by atoms with E-state index in [1.54, 1.807) is 0 Å². The second-order valence-electron chi connectivity index (χ2n) is 8.07. The van der Waals surface area contributed by atoms with E-state index in [1.165, 1.54) is 10.5 Å². The molecule has 0 spiro atoms. The van der Waals surface area contributed by atoms with Crippen LogP contribution in [0.2, 0.25) is 5.02 Å². The van der Waals surface area contributed by atoms with Crippen LogP contribution < -0.4 is 0 Å². The Labute approximate surface area is 181 Å². The zero-order valence-corrected chi connectivity index (χ0v) is 18.0. The first-order valence-electron chi connectivity index (χ1n) is 10.2. The minimum Gasteiger partial charge on any atom is -0.465 e. The third kappa shape index (κ3) is 3.89. The van der Waals surface area contributed by atoms with Crippen molar-refractivity contribution in [2.75, 3.05) is 19.7 Å². The Kier molecular flexibility index (Phi) is 5.71. The van der Waals surface area contributed by atoms with E-state index in [0.717, 1.165) is 29.3 Å². The summed E-state index contributed by atoms with van der Waals surface area (Å²) in [6.45, 7) is 3.55. The molecule has 158 valence electrons. The Morgan fingerprint density at radius 2 is 1.97 bits per heavy atom. The standard InChI is InChI=1S/C23H26ClN3O3/c1-16(20-13-19(24)12-17-14-25-26(2)21(17)20)30-15-23(18-6-4-3-5-7-18)8-10-27(11-9-23)22(28)29/h3-7,12-14,16H,8-11,15H2,1-2H3,(H,28,29). The SMILES string of the molecule is CC(OCC1(c2ccccc2)CCN(C(=O)O)CC1)c1cc(Cl)cc2cnn(C)c12. The van der Waals surface area contributed by atoms with E-state index in [0.29, 0.717) is 24.7 Å². The lowest BCUT2D eigenvalue weighted by molar-refractivity contribution is 0.00553. The Bertz CT molecular complexity index is 1040. The summed E-state index contributed by atoms with van der Waals surface area (Å²) >= 11 is 6.34. The molecule has 1 unspecified atom stereocenters. The normalized spacial score (nSPS) is 17.2. The van der Waals surface area contributed by atoms with Crippen LogP contribution >= 0.6 is 11.6 Å². The molecule has 1 aliphatic heterocycles. The van der Waals surface area contributed by atoms with Crippen molar-refractivity contribution in [1.82, 2.24) is 14.7 Å². The molecule has 2 aromatic carbocycles. The van der Waals surface area contributed by atoms with Crippen LogP contribution in [0.1, 0.15) is 37.0 Å². The minimum absolute atomic E-state index is 0.181. The summed E-state index contributed by atoms with van der Waals surface area (Å²) in [6.07, 6.45) is 2.23. The molecular formula is C23H26ClN3O3. The number of nitrogens with zero attached hydrogens (tertiary/aromatic N) is 3. The number of carboxylic acid groups (broad SMARTS) is 1. The molecule has 0 bridgehead atoms. The average molecular weight is 428 g/mol. The van der Waals surface area contributed by atoms with Gasteiger partial charge in [0.15, 0.2) is 0 Å². The predicted molar refractivity (Wildman–Crippen MR) is 117 cm³/mol. The summed E-state index contributed by atoms with van der Waals surface area (Å²) in [5.74, 6) is 0. The molecular weight excluding hydrogens is 402 g/mol. The lowest BCUT2D eigenvalue weighted by Gasteiger charge is -2.41. The molecule has 1 N–H and O–H groups in total. The number of carbonyl (C=O) groups is 1. The van der Waals surface area contributed by atoms with E-state index in [4.69, 9.17) is 16.3 Å². The van der Waals surface area contributed by atoms with Crippen molar-refractivity contribution in [3.63, 3.8) is 0 Å². The average Bonchev–Trinajstić information content (AvgIpc) is 3.12. The van der Waals surface area contributed by atoms with E-state index >= 15 is 0 Å². The maximum absolute atomic E-state index is 11.4. The summed E-state index contributed by atoms with van der Waals surface area (Å²) < 4.78 is 8.29. The molecule has 3 aromatic rings. The number of halogens is 1. The number of benzene rings is 2.